The Morgan fingerprint density at radius 3 is 2.42 bits per heavy atom. The number of amides is 2. The number of nitrogens with one attached hydrogen (secondary N) is 2. The summed E-state index contributed by atoms with van der Waals surface area (Å²) in [5, 5.41) is 5.42. The number of ether oxygens (including phenoxy) is 2. The molecule has 33 heavy (non-hydrogen) atoms. The Morgan fingerprint density at radius 2 is 1.79 bits per heavy atom. The standard InChI is InChI=1S/C23H31N3O6S/c1-6-24-22(27)15-32-20-11-10-17(12-21(20)31-5)14-25-23(28)18-8-7-9-19(13-18)33(29,30)26(4)16(2)3/h7-13,16H,6,14-15H2,1-5H3,(H,24,27)(H,25,28). The van der Waals surface area contributed by atoms with E-state index < -0.39 is 15.9 Å². The summed E-state index contributed by atoms with van der Waals surface area (Å²) in [6, 6.07) is 10.8. The summed E-state index contributed by atoms with van der Waals surface area (Å²) < 4.78 is 37.5. The molecular formula is C23H31N3O6S. The minimum Gasteiger partial charge on any atom is -0.493 e. The second kappa shape index (κ2) is 11.7. The molecular weight excluding hydrogens is 446 g/mol. The molecule has 2 aromatic rings. The number of nitrogens with zero attached hydrogens (tertiary/aromatic N) is 1. The SMILES string of the molecule is CCNC(=O)COc1ccc(CNC(=O)c2cccc(S(=O)(=O)N(C)C(C)C)c2)cc1OC. The molecule has 0 aliphatic carbocycles. The van der Waals surface area contributed by atoms with Crippen LogP contribution in [0, 0.1) is 0 Å². The lowest BCUT2D eigenvalue weighted by Crippen LogP contribution is -2.33. The first kappa shape index (κ1) is 26.1. The molecule has 2 rings (SSSR count). The van der Waals surface area contributed by atoms with Gasteiger partial charge in [0.1, 0.15) is 0 Å². The second-order valence-electron chi connectivity index (χ2n) is 7.55. The van der Waals surface area contributed by atoms with Gasteiger partial charge < -0.3 is 20.1 Å². The molecule has 0 aromatic heterocycles. The lowest BCUT2D eigenvalue weighted by atomic mass is 10.1. The third-order valence-corrected chi connectivity index (χ3v) is 6.94. The lowest BCUT2D eigenvalue weighted by Gasteiger charge is -2.21. The van der Waals surface area contributed by atoms with Crippen LogP contribution in [0.5, 0.6) is 11.5 Å². The Morgan fingerprint density at radius 1 is 1.06 bits per heavy atom. The fraction of sp³-hybridized carbons (Fsp3) is 0.391. The molecule has 2 aromatic carbocycles. The number of methoxy groups -OCH3 is 1. The third-order valence-electron chi connectivity index (χ3n) is 4.91. The van der Waals surface area contributed by atoms with E-state index in [4.69, 9.17) is 9.47 Å². The fourth-order valence-electron chi connectivity index (χ4n) is 2.86. The quantitative estimate of drug-likeness (QED) is 0.513. The van der Waals surface area contributed by atoms with Crippen molar-refractivity contribution in [3.63, 3.8) is 0 Å². The van der Waals surface area contributed by atoms with E-state index in [0.29, 0.717) is 18.0 Å². The van der Waals surface area contributed by atoms with Gasteiger partial charge in [-0.2, -0.15) is 4.31 Å². The molecule has 180 valence electrons. The highest BCUT2D eigenvalue weighted by molar-refractivity contribution is 7.89. The predicted molar refractivity (Wildman–Crippen MR) is 125 cm³/mol. The van der Waals surface area contributed by atoms with E-state index in [2.05, 4.69) is 10.6 Å². The van der Waals surface area contributed by atoms with Crippen LogP contribution in [0.3, 0.4) is 0 Å². The van der Waals surface area contributed by atoms with Crippen LogP contribution < -0.4 is 20.1 Å². The van der Waals surface area contributed by atoms with Gasteiger partial charge in [-0.25, -0.2) is 8.42 Å². The zero-order chi connectivity index (χ0) is 24.6. The van der Waals surface area contributed by atoms with E-state index in [1.54, 1.807) is 44.2 Å². The predicted octanol–water partition coefficient (Wildman–Crippen LogP) is 2.17. The van der Waals surface area contributed by atoms with Crippen molar-refractivity contribution >= 4 is 21.8 Å². The maximum absolute atomic E-state index is 12.7. The summed E-state index contributed by atoms with van der Waals surface area (Å²) in [6.07, 6.45) is 0. The summed E-state index contributed by atoms with van der Waals surface area (Å²) in [4.78, 5) is 24.3. The highest BCUT2D eigenvalue weighted by Gasteiger charge is 2.24. The van der Waals surface area contributed by atoms with E-state index in [0.717, 1.165) is 5.56 Å². The monoisotopic (exact) mass is 477 g/mol. The van der Waals surface area contributed by atoms with Gasteiger partial charge in [-0.05, 0) is 56.7 Å². The Kier molecular flexibility index (Phi) is 9.24. The molecule has 2 amide bonds. The first-order chi connectivity index (χ1) is 15.6. The summed E-state index contributed by atoms with van der Waals surface area (Å²) in [5.74, 6) is 0.191. The van der Waals surface area contributed by atoms with E-state index in [-0.39, 0.29) is 35.6 Å². The number of hydrogen-bond donors (Lipinski definition) is 2. The van der Waals surface area contributed by atoms with Crippen molar-refractivity contribution in [1.82, 2.24) is 14.9 Å². The van der Waals surface area contributed by atoms with Crippen LogP contribution in [0.25, 0.3) is 0 Å². The van der Waals surface area contributed by atoms with Crippen LogP contribution in [-0.4, -0.2) is 57.9 Å². The van der Waals surface area contributed by atoms with E-state index in [9.17, 15) is 18.0 Å². The number of sulfonamides is 1. The molecule has 0 saturated carbocycles. The molecule has 0 unspecified atom stereocenters. The van der Waals surface area contributed by atoms with E-state index in [1.807, 2.05) is 6.92 Å². The van der Waals surface area contributed by atoms with Gasteiger partial charge >= 0.3 is 0 Å². The van der Waals surface area contributed by atoms with Crippen LogP contribution in [0.2, 0.25) is 0 Å². The topological polar surface area (TPSA) is 114 Å². The number of hydrogen-bond acceptors (Lipinski definition) is 6. The van der Waals surface area contributed by atoms with E-state index in [1.165, 1.54) is 30.6 Å². The molecule has 9 nitrogen and oxygen atoms in total. The molecule has 0 saturated heterocycles. The molecule has 0 spiro atoms. The van der Waals surface area contributed by atoms with Crippen LogP contribution in [0.15, 0.2) is 47.4 Å². The average Bonchev–Trinajstić information content (AvgIpc) is 2.80. The van der Waals surface area contributed by atoms with Gasteiger partial charge in [0, 0.05) is 31.7 Å². The highest BCUT2D eigenvalue weighted by atomic mass is 32.2. The molecule has 0 fully saturated rings. The largest absolute Gasteiger partial charge is 0.493 e. The zero-order valence-electron chi connectivity index (χ0n) is 19.5. The van der Waals surface area contributed by atoms with Gasteiger partial charge in [-0.15, -0.1) is 0 Å². The maximum atomic E-state index is 12.7. The molecule has 10 heteroatoms. The minimum atomic E-state index is -3.70. The maximum Gasteiger partial charge on any atom is 0.257 e. The summed E-state index contributed by atoms with van der Waals surface area (Å²) in [7, 11) is -0.710. The number of carbonyl (C=O) groups is 2. The van der Waals surface area contributed by atoms with Gasteiger partial charge in [-0.1, -0.05) is 12.1 Å². The molecule has 2 N–H and O–H groups in total. The van der Waals surface area contributed by atoms with Crippen LogP contribution in [0.1, 0.15) is 36.7 Å². The van der Waals surface area contributed by atoms with Crippen LogP contribution >= 0.6 is 0 Å². The highest BCUT2D eigenvalue weighted by Crippen LogP contribution is 2.28. The van der Waals surface area contributed by atoms with Gasteiger partial charge in [-0.3, -0.25) is 9.59 Å². The normalized spacial score (nSPS) is 11.4. The average molecular weight is 478 g/mol. The first-order valence-corrected chi connectivity index (χ1v) is 12.0. The van der Waals surface area contributed by atoms with Crippen molar-refractivity contribution in [1.29, 1.82) is 0 Å². The third kappa shape index (κ3) is 6.93. The van der Waals surface area contributed by atoms with Gasteiger partial charge in [0.05, 0.1) is 12.0 Å². The number of carbonyl (C=O) groups excluding carboxylic acids is 2. The number of rotatable bonds is 11. The number of benzene rings is 2. The molecule has 0 bridgehead atoms. The van der Waals surface area contributed by atoms with Crippen LogP contribution in [0.4, 0.5) is 0 Å². The summed E-state index contributed by atoms with van der Waals surface area (Å²) in [6.45, 7) is 5.94. The van der Waals surface area contributed by atoms with Crippen molar-refractivity contribution in [3.05, 3.63) is 53.6 Å². The molecule has 0 radical (unpaired) electrons. The smallest absolute Gasteiger partial charge is 0.257 e. The molecule has 0 aliphatic heterocycles. The summed E-state index contributed by atoms with van der Waals surface area (Å²) in [5.41, 5.74) is 0.982. The lowest BCUT2D eigenvalue weighted by molar-refractivity contribution is -0.123. The zero-order valence-corrected chi connectivity index (χ0v) is 20.4. The van der Waals surface area contributed by atoms with Crippen LogP contribution in [-0.2, 0) is 21.4 Å². The number of likely N-dealkylation sites (N-methyl/N-ethyl adjacent to an activating group) is 1. The second-order valence-corrected chi connectivity index (χ2v) is 9.55. The Labute approximate surface area is 195 Å². The molecule has 0 atom stereocenters. The first-order valence-electron chi connectivity index (χ1n) is 10.5. The van der Waals surface area contributed by atoms with Crippen molar-refractivity contribution in [2.24, 2.45) is 0 Å². The van der Waals surface area contributed by atoms with Gasteiger partial charge in [0.25, 0.3) is 11.8 Å². The van der Waals surface area contributed by atoms with Crippen molar-refractivity contribution < 1.29 is 27.5 Å². The Balaban J connectivity index is 2.08. The van der Waals surface area contributed by atoms with Gasteiger partial charge in [0.15, 0.2) is 18.1 Å². The van der Waals surface area contributed by atoms with E-state index >= 15 is 0 Å². The summed E-state index contributed by atoms with van der Waals surface area (Å²) >= 11 is 0. The molecule has 0 heterocycles. The van der Waals surface area contributed by atoms with Crippen molar-refractivity contribution in [3.8, 4) is 11.5 Å². The van der Waals surface area contributed by atoms with Crippen molar-refractivity contribution in [2.45, 2.75) is 38.3 Å². The minimum absolute atomic E-state index is 0.0571. The van der Waals surface area contributed by atoms with Gasteiger partial charge in [0.2, 0.25) is 10.0 Å². The Bertz CT molecular complexity index is 1090. The fourth-order valence-corrected chi connectivity index (χ4v) is 4.27. The van der Waals surface area contributed by atoms with Crippen molar-refractivity contribution in [2.75, 3.05) is 27.3 Å². The molecule has 0 aliphatic rings. The Hall–Kier alpha value is -3.11.